The minimum absolute atomic E-state index is 0.0880. The smallest absolute Gasteiger partial charge is 0.245 e. The van der Waals surface area contributed by atoms with Crippen LogP contribution in [0, 0.1) is 0 Å². The van der Waals surface area contributed by atoms with Crippen LogP contribution in [0.1, 0.15) is 12.2 Å². The fourth-order valence-electron chi connectivity index (χ4n) is 2.62. The summed E-state index contributed by atoms with van der Waals surface area (Å²) in [4.78, 5) is 13.2. The Hall–Kier alpha value is -1.96. The number of hydrogen-bond acceptors (Lipinski definition) is 4. The van der Waals surface area contributed by atoms with E-state index in [-0.39, 0.29) is 5.91 Å². The van der Waals surface area contributed by atoms with Crippen molar-refractivity contribution < 1.29 is 18.8 Å². The van der Waals surface area contributed by atoms with Gasteiger partial charge in [-0.25, -0.2) is 5.43 Å². The molecule has 0 unspecified atom stereocenters. The highest BCUT2D eigenvalue weighted by molar-refractivity contribution is 9.10. The molecule has 3 rings (SSSR count). The summed E-state index contributed by atoms with van der Waals surface area (Å²) < 4.78 is 12.0. The van der Waals surface area contributed by atoms with Gasteiger partial charge in [-0.2, -0.15) is 5.10 Å². The lowest BCUT2D eigenvalue weighted by Gasteiger charge is -2.23. The van der Waals surface area contributed by atoms with Crippen molar-refractivity contribution in [2.45, 2.75) is 6.42 Å². The number of halogens is 1. The molecular formula is C18H21BrN3O3+. The van der Waals surface area contributed by atoms with Crippen LogP contribution in [-0.4, -0.2) is 45.0 Å². The monoisotopic (exact) mass is 406 g/mol. The first-order chi connectivity index (χ1) is 12.2. The summed E-state index contributed by atoms with van der Waals surface area (Å²) in [7, 11) is 0. The van der Waals surface area contributed by atoms with Crippen molar-refractivity contribution in [2.75, 3.05) is 32.8 Å². The molecule has 1 amide bonds. The lowest BCUT2D eigenvalue weighted by Crippen LogP contribution is -3.14. The molecule has 1 aromatic heterocycles. The SMILES string of the molecule is O=C(CC[NH+]1CCOCC1)NN=Cc1ccc(-c2ccc(Br)cc2)o1. The van der Waals surface area contributed by atoms with E-state index in [4.69, 9.17) is 9.15 Å². The summed E-state index contributed by atoms with van der Waals surface area (Å²) in [5.74, 6) is 1.27. The molecule has 132 valence electrons. The van der Waals surface area contributed by atoms with Gasteiger partial charge in [-0.3, -0.25) is 4.79 Å². The second-order valence-electron chi connectivity index (χ2n) is 5.86. The maximum atomic E-state index is 11.8. The zero-order valence-electron chi connectivity index (χ0n) is 13.8. The summed E-state index contributed by atoms with van der Waals surface area (Å²) in [5.41, 5.74) is 3.53. The van der Waals surface area contributed by atoms with Gasteiger partial charge in [0.25, 0.3) is 0 Å². The number of morpholine rings is 1. The molecular weight excluding hydrogens is 386 g/mol. The minimum atomic E-state index is -0.0880. The zero-order chi connectivity index (χ0) is 17.5. The fraction of sp³-hybridized carbons (Fsp3) is 0.333. The average molecular weight is 407 g/mol. The van der Waals surface area contributed by atoms with Gasteiger partial charge in [-0.15, -0.1) is 0 Å². The van der Waals surface area contributed by atoms with Gasteiger partial charge in [0, 0.05) is 10.0 Å². The summed E-state index contributed by atoms with van der Waals surface area (Å²) in [5, 5.41) is 3.97. The molecule has 25 heavy (non-hydrogen) atoms. The quantitative estimate of drug-likeness (QED) is 0.563. The molecule has 0 spiro atoms. The summed E-state index contributed by atoms with van der Waals surface area (Å²) in [6, 6.07) is 11.6. The molecule has 1 aliphatic heterocycles. The van der Waals surface area contributed by atoms with Gasteiger partial charge >= 0.3 is 0 Å². The predicted octanol–water partition coefficient (Wildman–Crippen LogP) is 1.46. The standard InChI is InChI=1S/C18H20BrN3O3/c19-15-3-1-14(2-4-15)17-6-5-16(25-17)13-20-21-18(23)7-8-22-9-11-24-12-10-22/h1-6,13H,7-12H2,(H,21,23)/p+1. The van der Waals surface area contributed by atoms with Crippen LogP contribution >= 0.6 is 15.9 Å². The van der Waals surface area contributed by atoms with Crippen LogP contribution in [0.25, 0.3) is 11.3 Å². The van der Waals surface area contributed by atoms with Gasteiger partial charge in [0.2, 0.25) is 5.91 Å². The molecule has 2 N–H and O–H groups in total. The summed E-state index contributed by atoms with van der Waals surface area (Å²) >= 11 is 3.41. The molecule has 2 heterocycles. The Labute approximate surface area is 155 Å². The first-order valence-electron chi connectivity index (χ1n) is 8.30. The van der Waals surface area contributed by atoms with Crippen molar-refractivity contribution in [1.82, 2.24) is 5.43 Å². The number of carbonyl (C=O) groups excluding carboxylic acids is 1. The maximum absolute atomic E-state index is 11.8. The molecule has 0 atom stereocenters. The van der Waals surface area contributed by atoms with Crippen molar-refractivity contribution in [3.8, 4) is 11.3 Å². The number of ether oxygens (including phenoxy) is 1. The third-order valence-electron chi connectivity index (χ3n) is 4.04. The molecule has 6 nitrogen and oxygen atoms in total. The normalized spacial score (nSPS) is 15.6. The number of carbonyl (C=O) groups is 1. The van der Waals surface area contributed by atoms with Gasteiger partial charge in [0.1, 0.15) is 24.6 Å². The summed E-state index contributed by atoms with van der Waals surface area (Å²) in [6.07, 6.45) is 1.97. The highest BCUT2D eigenvalue weighted by atomic mass is 79.9. The molecule has 1 fully saturated rings. The second kappa shape index (κ2) is 8.94. The number of rotatable bonds is 6. The van der Waals surface area contributed by atoms with Crippen LogP contribution in [0.15, 0.2) is 50.4 Å². The van der Waals surface area contributed by atoms with E-state index in [0.29, 0.717) is 12.2 Å². The second-order valence-corrected chi connectivity index (χ2v) is 6.78. The summed E-state index contributed by atoms with van der Waals surface area (Å²) in [6.45, 7) is 4.27. The zero-order valence-corrected chi connectivity index (χ0v) is 15.4. The number of hydrazone groups is 1. The van der Waals surface area contributed by atoms with Gasteiger partial charge in [-0.05, 0) is 24.3 Å². The largest absolute Gasteiger partial charge is 0.455 e. The number of nitrogens with one attached hydrogen (secondary N) is 2. The van der Waals surface area contributed by atoms with E-state index >= 15 is 0 Å². The van der Waals surface area contributed by atoms with E-state index < -0.39 is 0 Å². The maximum Gasteiger partial charge on any atom is 0.245 e. The number of amides is 1. The predicted molar refractivity (Wildman–Crippen MR) is 98.6 cm³/mol. The molecule has 1 saturated heterocycles. The number of furan rings is 1. The molecule has 1 aromatic carbocycles. The molecule has 0 saturated carbocycles. The van der Waals surface area contributed by atoms with Gasteiger partial charge in [-0.1, -0.05) is 28.1 Å². The van der Waals surface area contributed by atoms with Crippen LogP contribution in [0.2, 0.25) is 0 Å². The Bertz CT molecular complexity index is 721. The van der Waals surface area contributed by atoms with Crippen molar-refractivity contribution in [3.05, 3.63) is 46.6 Å². The van der Waals surface area contributed by atoms with Crippen molar-refractivity contribution in [2.24, 2.45) is 5.10 Å². The lowest BCUT2D eigenvalue weighted by atomic mass is 10.2. The van der Waals surface area contributed by atoms with Crippen molar-refractivity contribution in [3.63, 3.8) is 0 Å². The van der Waals surface area contributed by atoms with Gasteiger partial charge < -0.3 is 14.1 Å². The third-order valence-corrected chi connectivity index (χ3v) is 4.57. The molecule has 0 aliphatic carbocycles. The Morgan fingerprint density at radius 1 is 1.20 bits per heavy atom. The van der Waals surface area contributed by atoms with Crippen LogP contribution in [0.4, 0.5) is 0 Å². The Kier molecular flexibility index (Phi) is 6.38. The van der Waals surface area contributed by atoms with Crippen LogP contribution < -0.4 is 10.3 Å². The number of hydrogen-bond donors (Lipinski definition) is 2. The molecule has 2 aromatic rings. The van der Waals surface area contributed by atoms with Crippen LogP contribution in [0.3, 0.4) is 0 Å². The van der Waals surface area contributed by atoms with E-state index in [1.165, 1.54) is 11.1 Å². The van der Waals surface area contributed by atoms with E-state index in [2.05, 4.69) is 26.5 Å². The Morgan fingerprint density at radius 2 is 1.96 bits per heavy atom. The van der Waals surface area contributed by atoms with Gasteiger partial charge in [0.15, 0.2) is 0 Å². The molecule has 7 heteroatoms. The van der Waals surface area contributed by atoms with E-state index in [1.54, 1.807) is 0 Å². The number of quaternary nitrogens is 1. The minimum Gasteiger partial charge on any atom is -0.455 e. The Balaban J connectivity index is 1.45. The average Bonchev–Trinajstić information content (AvgIpc) is 3.10. The fourth-order valence-corrected chi connectivity index (χ4v) is 2.88. The lowest BCUT2D eigenvalue weighted by molar-refractivity contribution is -0.907. The molecule has 0 radical (unpaired) electrons. The van der Waals surface area contributed by atoms with Crippen LogP contribution in [-0.2, 0) is 9.53 Å². The van der Waals surface area contributed by atoms with E-state index in [0.717, 1.165) is 48.6 Å². The van der Waals surface area contributed by atoms with Crippen molar-refractivity contribution >= 4 is 28.1 Å². The number of nitrogens with zero attached hydrogens (tertiary/aromatic N) is 1. The van der Waals surface area contributed by atoms with E-state index in [9.17, 15) is 4.79 Å². The van der Waals surface area contributed by atoms with Crippen molar-refractivity contribution in [1.29, 1.82) is 0 Å². The Morgan fingerprint density at radius 3 is 2.72 bits per heavy atom. The third kappa shape index (κ3) is 5.52. The molecule has 0 bridgehead atoms. The topological polar surface area (TPSA) is 68.3 Å². The highest BCUT2D eigenvalue weighted by Crippen LogP contribution is 2.23. The highest BCUT2D eigenvalue weighted by Gasteiger charge is 2.14. The van der Waals surface area contributed by atoms with Crippen LogP contribution in [0.5, 0.6) is 0 Å². The first-order valence-corrected chi connectivity index (χ1v) is 9.09. The molecule has 1 aliphatic rings. The number of benzene rings is 1. The first kappa shape index (κ1) is 17.8. The van der Waals surface area contributed by atoms with E-state index in [1.807, 2.05) is 36.4 Å². The van der Waals surface area contributed by atoms with Gasteiger partial charge in [0.05, 0.1) is 32.4 Å².